The smallest absolute Gasteiger partial charge is 0.311 e. The minimum absolute atomic E-state index is 0.343. The van der Waals surface area contributed by atoms with Crippen molar-refractivity contribution in [2.24, 2.45) is 5.92 Å². The summed E-state index contributed by atoms with van der Waals surface area (Å²) in [6, 6.07) is 5.13. The molecule has 35 heavy (non-hydrogen) atoms. The van der Waals surface area contributed by atoms with Crippen LogP contribution in [0.5, 0.6) is 0 Å². The van der Waals surface area contributed by atoms with Gasteiger partial charge in [-0.25, -0.2) is 4.79 Å². The Morgan fingerprint density at radius 2 is 1.94 bits per heavy atom. The van der Waals surface area contributed by atoms with Crippen LogP contribution in [-0.4, -0.2) is 34.4 Å². The molecule has 2 heterocycles. The summed E-state index contributed by atoms with van der Waals surface area (Å²) in [7, 11) is 0. The van der Waals surface area contributed by atoms with Crippen LogP contribution in [0, 0.1) is 18.3 Å². The minimum atomic E-state index is -0.477. The average molecular weight is 483 g/mol. The molecule has 1 atom stereocenters. The van der Waals surface area contributed by atoms with Crippen LogP contribution in [0.2, 0.25) is 0 Å². The lowest BCUT2D eigenvalue weighted by Gasteiger charge is -2.31. The van der Waals surface area contributed by atoms with Crippen LogP contribution < -0.4 is 10.6 Å². The topological polar surface area (TPSA) is 74.3 Å². The highest BCUT2D eigenvalue weighted by molar-refractivity contribution is 6.07. The number of allylic oxidation sites excluding steroid dienone is 3. The van der Waals surface area contributed by atoms with Crippen LogP contribution in [0.25, 0.3) is 0 Å². The molecule has 1 fully saturated rings. The molecule has 2 rings (SSSR count). The second-order valence-electron chi connectivity index (χ2n) is 8.01. The zero-order chi connectivity index (χ0) is 27.4. The van der Waals surface area contributed by atoms with E-state index in [-0.39, 0.29) is 6.04 Å². The largest absolute Gasteiger partial charge is 0.328 e. The van der Waals surface area contributed by atoms with E-state index in [2.05, 4.69) is 68.8 Å². The van der Waals surface area contributed by atoms with Crippen LogP contribution in [0.1, 0.15) is 74.4 Å². The first-order chi connectivity index (χ1) is 16.6. The second kappa shape index (κ2) is 20.2. The average Bonchev–Trinajstić information content (AvgIpc) is 2.87. The fourth-order valence-electron chi connectivity index (χ4n) is 2.42. The maximum Gasteiger partial charge on any atom is 0.328 e. The van der Waals surface area contributed by atoms with E-state index in [1.54, 1.807) is 13.8 Å². The van der Waals surface area contributed by atoms with Crippen molar-refractivity contribution in [2.45, 2.75) is 81.3 Å². The Hall–Kier alpha value is -3.17. The Kier molecular flexibility index (Phi) is 19.6. The summed E-state index contributed by atoms with van der Waals surface area (Å²) < 4.78 is 0. The van der Waals surface area contributed by atoms with Crippen molar-refractivity contribution >= 4 is 11.9 Å². The summed E-state index contributed by atoms with van der Waals surface area (Å²) in [4.78, 5) is 28.2. The molecule has 0 saturated carbocycles. The Morgan fingerprint density at radius 1 is 1.31 bits per heavy atom. The molecular formula is C29H46N4O2. The number of terminal acetylenes is 1. The first-order valence-corrected chi connectivity index (χ1v) is 12.3. The van der Waals surface area contributed by atoms with Crippen LogP contribution in [0.3, 0.4) is 0 Å². The molecule has 6 nitrogen and oxygen atoms in total. The molecule has 0 radical (unpaired) electrons. The molecule has 1 aliphatic heterocycles. The second-order valence-corrected chi connectivity index (χ2v) is 8.01. The number of imide groups is 1. The van der Waals surface area contributed by atoms with Gasteiger partial charge in [0.2, 0.25) is 0 Å². The summed E-state index contributed by atoms with van der Waals surface area (Å²) in [5.74, 6) is 2.70. The number of urea groups is 1. The van der Waals surface area contributed by atoms with Crippen molar-refractivity contribution in [1.82, 2.24) is 20.5 Å². The lowest BCUT2D eigenvalue weighted by molar-refractivity contribution is -0.117. The highest BCUT2D eigenvalue weighted by Crippen LogP contribution is 2.15. The maximum absolute atomic E-state index is 11.5. The van der Waals surface area contributed by atoms with E-state index < -0.39 is 11.9 Å². The van der Waals surface area contributed by atoms with Gasteiger partial charge in [-0.2, -0.15) is 0 Å². The predicted molar refractivity (Wildman–Crippen MR) is 148 cm³/mol. The standard InChI is InChI=1S/C11H12N2O2.C9H14N2.C7H14.C2H6/c1-5-7(2)6-13-9(4)8(3)10(14)12-11(13)15;1-2-6-10-8-9-5-3-4-7-11-9;1-5-7(4)6(2)3;1-2/h1,6,9H,3H2,2,4H3,(H,12,14,15);3-5,7,10H,2,6,8H2,1H3;5-6H,1-4H3;1-2H3/b7-6+;;7-5-;. The molecule has 1 aromatic heterocycles. The van der Waals surface area contributed by atoms with Gasteiger partial charge in [0.05, 0.1) is 11.7 Å². The van der Waals surface area contributed by atoms with Crippen molar-refractivity contribution in [3.05, 3.63) is 65.7 Å². The highest BCUT2D eigenvalue weighted by Gasteiger charge is 2.31. The van der Waals surface area contributed by atoms with Crippen LogP contribution in [0.15, 0.2) is 60.0 Å². The Bertz CT molecular complexity index is 864. The maximum atomic E-state index is 11.5. The molecule has 0 bridgehead atoms. The van der Waals surface area contributed by atoms with Gasteiger partial charge < -0.3 is 5.32 Å². The zero-order valence-electron chi connectivity index (χ0n) is 23.2. The van der Waals surface area contributed by atoms with Gasteiger partial charge in [0.25, 0.3) is 5.91 Å². The van der Waals surface area contributed by atoms with Crippen LogP contribution in [0.4, 0.5) is 4.79 Å². The van der Waals surface area contributed by atoms with Gasteiger partial charge in [-0.3, -0.25) is 20.0 Å². The number of amides is 3. The number of carbonyl (C=O) groups is 2. The molecule has 194 valence electrons. The van der Waals surface area contributed by atoms with Gasteiger partial charge in [0.1, 0.15) is 0 Å². The lowest BCUT2D eigenvalue weighted by atomic mass is 10.1. The van der Waals surface area contributed by atoms with Crippen molar-refractivity contribution in [3.8, 4) is 12.3 Å². The molecule has 6 heteroatoms. The monoisotopic (exact) mass is 482 g/mol. The van der Waals surface area contributed by atoms with E-state index >= 15 is 0 Å². The molecule has 0 aliphatic carbocycles. The molecule has 2 N–H and O–H groups in total. The van der Waals surface area contributed by atoms with Gasteiger partial charge in [-0.05, 0) is 58.7 Å². The number of nitrogens with zero attached hydrogens (tertiary/aromatic N) is 2. The first-order valence-electron chi connectivity index (χ1n) is 12.3. The predicted octanol–water partition coefficient (Wildman–Crippen LogP) is 6.24. The first kappa shape index (κ1) is 34.0. The van der Waals surface area contributed by atoms with E-state index in [1.807, 2.05) is 38.2 Å². The summed E-state index contributed by atoms with van der Waals surface area (Å²) in [5.41, 5.74) is 3.54. The molecule has 0 spiro atoms. The van der Waals surface area contributed by atoms with Crippen molar-refractivity contribution in [2.75, 3.05) is 6.54 Å². The molecule has 3 amide bonds. The zero-order valence-corrected chi connectivity index (χ0v) is 23.2. The van der Waals surface area contributed by atoms with Gasteiger partial charge in [0, 0.05) is 30.1 Å². The third kappa shape index (κ3) is 14.6. The fraction of sp³-hybridized carbons (Fsp3) is 0.483. The number of aromatic nitrogens is 1. The number of hydrogen-bond acceptors (Lipinski definition) is 4. The van der Waals surface area contributed by atoms with E-state index in [4.69, 9.17) is 6.42 Å². The van der Waals surface area contributed by atoms with E-state index in [1.165, 1.54) is 23.1 Å². The van der Waals surface area contributed by atoms with Gasteiger partial charge in [-0.1, -0.05) is 64.8 Å². The summed E-state index contributed by atoms with van der Waals surface area (Å²) in [6.07, 6.45) is 11.9. The Balaban J connectivity index is 0. The van der Waals surface area contributed by atoms with Crippen LogP contribution in [-0.2, 0) is 11.3 Å². The van der Waals surface area contributed by atoms with Crippen molar-refractivity contribution in [1.29, 1.82) is 0 Å². The van der Waals surface area contributed by atoms with E-state index in [9.17, 15) is 9.59 Å². The summed E-state index contributed by atoms with van der Waals surface area (Å²) in [5, 5.41) is 5.46. The molecule has 1 aliphatic rings. The van der Waals surface area contributed by atoms with Gasteiger partial charge in [-0.15, -0.1) is 6.42 Å². The number of pyridine rings is 1. The Morgan fingerprint density at radius 3 is 2.37 bits per heavy atom. The molecule has 1 aromatic rings. The number of hydrogen-bond donors (Lipinski definition) is 2. The van der Waals surface area contributed by atoms with Gasteiger partial charge >= 0.3 is 6.03 Å². The minimum Gasteiger partial charge on any atom is -0.311 e. The van der Waals surface area contributed by atoms with Crippen LogP contribution >= 0.6 is 0 Å². The quantitative estimate of drug-likeness (QED) is 0.218. The lowest BCUT2D eigenvalue weighted by Crippen LogP contribution is -2.52. The number of nitrogens with one attached hydrogen (secondary N) is 2. The normalized spacial score (nSPS) is 15.5. The SMILES string of the molecule is C#C/C(C)=C/N1C(=O)NC(=O)C(=C)C1C.C/C=C(/C)C(C)C.CC.CCCNCc1ccccn1. The molecule has 1 saturated heterocycles. The van der Waals surface area contributed by atoms with Crippen molar-refractivity contribution in [3.63, 3.8) is 0 Å². The number of carbonyl (C=O) groups excluding carboxylic acids is 2. The highest BCUT2D eigenvalue weighted by atomic mass is 16.2. The molecule has 1 unspecified atom stereocenters. The Labute approximate surface area is 214 Å². The third-order valence-electron chi connectivity index (χ3n) is 5.05. The fourth-order valence-corrected chi connectivity index (χ4v) is 2.42. The molecular weight excluding hydrogens is 436 g/mol. The van der Waals surface area contributed by atoms with Crippen molar-refractivity contribution < 1.29 is 9.59 Å². The summed E-state index contributed by atoms with van der Waals surface area (Å²) >= 11 is 0. The third-order valence-corrected chi connectivity index (χ3v) is 5.05. The van der Waals surface area contributed by atoms with E-state index in [0.29, 0.717) is 11.1 Å². The molecule has 0 aromatic carbocycles. The van der Waals surface area contributed by atoms with E-state index in [0.717, 1.165) is 24.7 Å². The van der Waals surface area contributed by atoms with Gasteiger partial charge in [0.15, 0.2) is 0 Å². The summed E-state index contributed by atoms with van der Waals surface area (Å²) in [6.45, 7) is 23.8. The number of rotatable bonds is 6.